The van der Waals surface area contributed by atoms with Gasteiger partial charge in [0.15, 0.2) is 17.0 Å². The topological polar surface area (TPSA) is 77.3 Å². The lowest BCUT2D eigenvalue weighted by Gasteiger charge is -2.15. The molecule has 0 fully saturated rings. The van der Waals surface area contributed by atoms with Crippen LogP contribution in [0.2, 0.25) is 0 Å². The molecule has 0 bridgehead atoms. The lowest BCUT2D eigenvalue weighted by molar-refractivity contribution is -0.141. The van der Waals surface area contributed by atoms with Gasteiger partial charge in [-0.15, -0.1) is 0 Å². The van der Waals surface area contributed by atoms with Gasteiger partial charge in [-0.2, -0.15) is 28.5 Å². The van der Waals surface area contributed by atoms with Gasteiger partial charge < -0.3 is 5.73 Å². The number of rotatable bonds is 5. The number of hydrogen-bond donors (Lipinski definition) is 1. The van der Waals surface area contributed by atoms with E-state index in [-0.39, 0.29) is 6.54 Å². The van der Waals surface area contributed by atoms with Gasteiger partial charge in [0.25, 0.3) is 0 Å². The summed E-state index contributed by atoms with van der Waals surface area (Å²) in [4.78, 5) is 0. The van der Waals surface area contributed by atoms with Crippen molar-refractivity contribution in [3.8, 4) is 0 Å². The molecule has 4 rings (SSSR count). The molecule has 0 saturated carbocycles. The van der Waals surface area contributed by atoms with Crippen molar-refractivity contribution in [2.75, 3.05) is 5.01 Å². The number of thioether (sulfide) groups is 1. The second kappa shape index (κ2) is 7.32. The average molecular weight is 407 g/mol. The summed E-state index contributed by atoms with van der Waals surface area (Å²) in [6.07, 6.45) is -1.37. The van der Waals surface area contributed by atoms with E-state index in [9.17, 15) is 13.2 Å². The molecule has 3 aromatic rings. The molecular weight excluding hydrogens is 391 g/mol. The third-order valence-corrected chi connectivity index (χ3v) is 4.92. The van der Waals surface area contributed by atoms with Crippen molar-refractivity contribution in [2.24, 2.45) is 10.8 Å². The Balaban J connectivity index is 1.45. The Morgan fingerprint density at radius 1 is 0.964 bits per heavy atom. The molecule has 1 atom stereocenters. The fourth-order valence-electron chi connectivity index (χ4n) is 2.71. The third kappa shape index (κ3) is 4.04. The number of nitrogens with zero attached hydrogens (tertiary/aromatic N) is 6. The molecule has 0 amide bonds. The predicted octanol–water partition coefficient (Wildman–Crippen LogP) is 2.96. The summed E-state index contributed by atoms with van der Waals surface area (Å²) >= 11 is 1.26. The molecule has 11 heteroatoms. The summed E-state index contributed by atoms with van der Waals surface area (Å²) in [6, 6.07) is 12.6. The van der Waals surface area contributed by atoms with E-state index in [1.807, 2.05) is 36.5 Å². The van der Waals surface area contributed by atoms with Crippen molar-refractivity contribution in [3.63, 3.8) is 0 Å². The number of benzene rings is 1. The Labute approximate surface area is 162 Å². The molecule has 1 unspecified atom stereocenters. The first kappa shape index (κ1) is 18.6. The molecule has 0 aliphatic carbocycles. The standard InChI is InChI=1S/C17H16F3N7S/c18-17(19,20)13-6-8-26(22-13)11-15-24-27(16(21)28-15)14-7-9-25(23-14)10-12-4-2-1-3-5-12/h1-9,16H,10-11,21H2. The molecule has 146 valence electrons. The highest BCUT2D eigenvalue weighted by Crippen LogP contribution is 2.29. The number of aromatic nitrogens is 4. The highest BCUT2D eigenvalue weighted by Gasteiger charge is 2.34. The maximum atomic E-state index is 12.7. The number of halogens is 3. The second-order valence-corrected chi connectivity index (χ2v) is 7.29. The fourth-order valence-corrected chi connectivity index (χ4v) is 3.59. The fraction of sp³-hybridized carbons (Fsp3) is 0.235. The number of hydrogen-bond acceptors (Lipinski definition) is 6. The lowest BCUT2D eigenvalue weighted by atomic mass is 10.2. The molecule has 28 heavy (non-hydrogen) atoms. The van der Waals surface area contributed by atoms with Crippen molar-refractivity contribution in [1.29, 1.82) is 0 Å². The third-order valence-electron chi connectivity index (χ3n) is 3.99. The van der Waals surface area contributed by atoms with Crippen molar-refractivity contribution >= 4 is 22.6 Å². The maximum Gasteiger partial charge on any atom is 0.435 e. The first-order valence-corrected chi connectivity index (χ1v) is 9.23. The summed E-state index contributed by atoms with van der Waals surface area (Å²) in [6.45, 7) is 0.719. The number of anilines is 1. The summed E-state index contributed by atoms with van der Waals surface area (Å²) in [5.74, 6) is 0.572. The molecule has 2 N–H and O–H groups in total. The summed E-state index contributed by atoms with van der Waals surface area (Å²) in [7, 11) is 0. The van der Waals surface area contributed by atoms with E-state index in [2.05, 4.69) is 15.3 Å². The van der Waals surface area contributed by atoms with Gasteiger partial charge in [0.05, 0.1) is 13.1 Å². The zero-order valence-corrected chi connectivity index (χ0v) is 15.3. The Bertz CT molecular complexity index is 980. The molecule has 0 radical (unpaired) electrons. The molecule has 2 aromatic heterocycles. The first-order chi connectivity index (χ1) is 13.4. The largest absolute Gasteiger partial charge is 0.435 e. The van der Waals surface area contributed by atoms with Crippen molar-refractivity contribution < 1.29 is 13.2 Å². The van der Waals surface area contributed by atoms with Gasteiger partial charge in [0, 0.05) is 18.5 Å². The smallest absolute Gasteiger partial charge is 0.301 e. The van der Waals surface area contributed by atoms with E-state index in [1.165, 1.54) is 22.6 Å². The molecule has 3 heterocycles. The normalized spacial score (nSPS) is 17.2. The van der Waals surface area contributed by atoms with Crippen LogP contribution >= 0.6 is 11.8 Å². The van der Waals surface area contributed by atoms with Crippen LogP contribution in [-0.4, -0.2) is 30.1 Å². The Morgan fingerprint density at radius 2 is 1.68 bits per heavy atom. The van der Waals surface area contributed by atoms with Gasteiger partial charge in [0.1, 0.15) is 5.04 Å². The Morgan fingerprint density at radius 3 is 2.39 bits per heavy atom. The van der Waals surface area contributed by atoms with Gasteiger partial charge >= 0.3 is 6.18 Å². The summed E-state index contributed by atoms with van der Waals surface area (Å²) < 4.78 is 41.0. The van der Waals surface area contributed by atoms with Crippen LogP contribution in [0.5, 0.6) is 0 Å². The van der Waals surface area contributed by atoms with Gasteiger partial charge in [0.2, 0.25) is 0 Å². The number of alkyl halides is 3. The van der Waals surface area contributed by atoms with Gasteiger partial charge in [-0.25, -0.2) is 5.01 Å². The molecule has 1 aliphatic rings. The summed E-state index contributed by atoms with van der Waals surface area (Å²) in [5.41, 5.74) is 5.78. The molecule has 0 saturated heterocycles. The average Bonchev–Trinajstić information content (AvgIpc) is 3.36. The maximum absolute atomic E-state index is 12.7. The highest BCUT2D eigenvalue weighted by atomic mass is 32.2. The second-order valence-electron chi connectivity index (χ2n) is 6.10. The van der Waals surface area contributed by atoms with Crippen LogP contribution in [0.25, 0.3) is 0 Å². The van der Waals surface area contributed by atoms with Crippen molar-refractivity contribution in [2.45, 2.75) is 24.8 Å². The van der Waals surface area contributed by atoms with Crippen molar-refractivity contribution in [3.05, 3.63) is 66.1 Å². The van der Waals surface area contributed by atoms with Crippen LogP contribution in [0.15, 0.2) is 60.0 Å². The van der Waals surface area contributed by atoms with Crippen LogP contribution in [0.4, 0.5) is 19.0 Å². The minimum atomic E-state index is -4.47. The zero-order chi connectivity index (χ0) is 19.7. The minimum absolute atomic E-state index is 0.107. The van der Waals surface area contributed by atoms with E-state index >= 15 is 0 Å². The highest BCUT2D eigenvalue weighted by molar-refractivity contribution is 8.14. The van der Waals surface area contributed by atoms with E-state index in [0.717, 1.165) is 11.6 Å². The SMILES string of the molecule is NC1SC(Cn2ccc(C(F)(F)F)n2)=NN1c1ccn(Cc2ccccc2)n1. The van der Waals surface area contributed by atoms with E-state index < -0.39 is 17.4 Å². The van der Waals surface area contributed by atoms with E-state index in [4.69, 9.17) is 5.73 Å². The minimum Gasteiger partial charge on any atom is -0.301 e. The van der Waals surface area contributed by atoms with Crippen LogP contribution in [-0.2, 0) is 19.3 Å². The molecule has 1 aliphatic heterocycles. The summed E-state index contributed by atoms with van der Waals surface area (Å²) in [5, 5.41) is 14.5. The zero-order valence-electron chi connectivity index (χ0n) is 14.5. The lowest BCUT2D eigenvalue weighted by Crippen LogP contribution is -2.32. The van der Waals surface area contributed by atoms with Crippen LogP contribution in [0.3, 0.4) is 0 Å². The van der Waals surface area contributed by atoms with Gasteiger partial charge in [-0.05, 0) is 11.6 Å². The molecular formula is C17H16F3N7S. The van der Waals surface area contributed by atoms with Gasteiger partial charge in [-0.1, -0.05) is 42.1 Å². The Kier molecular flexibility index (Phi) is 4.85. The van der Waals surface area contributed by atoms with Crippen LogP contribution < -0.4 is 10.7 Å². The van der Waals surface area contributed by atoms with E-state index in [1.54, 1.807) is 15.8 Å². The van der Waals surface area contributed by atoms with Crippen LogP contribution in [0.1, 0.15) is 11.3 Å². The molecule has 7 nitrogen and oxygen atoms in total. The monoisotopic (exact) mass is 407 g/mol. The Hall–Kier alpha value is -2.79. The first-order valence-electron chi connectivity index (χ1n) is 8.35. The van der Waals surface area contributed by atoms with Crippen LogP contribution in [0, 0.1) is 0 Å². The van der Waals surface area contributed by atoms with E-state index in [0.29, 0.717) is 17.4 Å². The van der Waals surface area contributed by atoms with Crippen molar-refractivity contribution in [1.82, 2.24) is 19.6 Å². The molecule has 0 spiro atoms. The number of nitrogens with two attached hydrogens (primary N) is 1. The van der Waals surface area contributed by atoms with Gasteiger partial charge in [-0.3, -0.25) is 9.36 Å². The predicted molar refractivity (Wildman–Crippen MR) is 100 cm³/mol. The number of hydrazone groups is 1. The quantitative estimate of drug-likeness (QED) is 0.704. The molecule has 1 aromatic carbocycles.